The highest BCUT2D eigenvalue weighted by Gasteiger charge is 2.22. The van der Waals surface area contributed by atoms with Crippen LogP contribution in [0.4, 0.5) is 0 Å². The highest BCUT2D eigenvalue weighted by atomic mass is 32.2. The van der Waals surface area contributed by atoms with Crippen LogP contribution in [0.25, 0.3) is 0 Å². The third-order valence-electron chi connectivity index (χ3n) is 5.35. The normalized spacial score (nSPS) is 14.0. The summed E-state index contributed by atoms with van der Waals surface area (Å²) < 4.78 is 13.1. The minimum atomic E-state index is -0.297. The lowest BCUT2D eigenvalue weighted by Crippen LogP contribution is -2.33. The molecular weight excluding hydrogens is 440 g/mol. The predicted octanol–water partition coefficient (Wildman–Crippen LogP) is 3.39. The van der Waals surface area contributed by atoms with Gasteiger partial charge in [0.2, 0.25) is 5.91 Å². The average molecular weight is 469 g/mol. The minimum Gasteiger partial charge on any atom is -0.490 e. The fourth-order valence-electron chi connectivity index (χ4n) is 3.67. The van der Waals surface area contributed by atoms with Crippen LogP contribution in [-0.2, 0) is 11.3 Å². The van der Waals surface area contributed by atoms with E-state index in [1.165, 1.54) is 16.3 Å². The van der Waals surface area contributed by atoms with Crippen LogP contribution in [0, 0.1) is 5.92 Å². The Kier molecular flexibility index (Phi) is 7.39. The first kappa shape index (κ1) is 23.0. The van der Waals surface area contributed by atoms with Gasteiger partial charge < -0.3 is 14.8 Å². The summed E-state index contributed by atoms with van der Waals surface area (Å²) in [4.78, 5) is 25.0. The molecule has 2 N–H and O–H groups in total. The van der Waals surface area contributed by atoms with Crippen molar-refractivity contribution in [2.45, 2.75) is 38.0 Å². The molecule has 2 heterocycles. The fraction of sp³-hybridized carbons (Fsp3) is 0.375. The van der Waals surface area contributed by atoms with Gasteiger partial charge in [-0.05, 0) is 29.2 Å². The standard InChI is InChI=1S/C24H28N4O4S/c1-16(2)22(18-9-10-19-20(13-18)32-12-6-11-31-19)25-21(29)15-33-24-27-26-23(30)28(24)14-17-7-4-3-5-8-17/h3-5,7-10,13,16,22H,6,11-12,14-15H2,1-2H3,(H,25,29)(H,26,30)/t22-/m0/s1. The van der Waals surface area contributed by atoms with Gasteiger partial charge >= 0.3 is 5.69 Å². The molecule has 9 heteroatoms. The number of carbonyl (C=O) groups excluding carboxylic acids is 1. The van der Waals surface area contributed by atoms with E-state index in [1.54, 1.807) is 0 Å². The Morgan fingerprint density at radius 1 is 1.15 bits per heavy atom. The van der Waals surface area contributed by atoms with Crippen molar-refractivity contribution in [3.63, 3.8) is 0 Å². The molecule has 0 fully saturated rings. The molecule has 0 saturated carbocycles. The van der Waals surface area contributed by atoms with Gasteiger partial charge in [-0.1, -0.05) is 62.0 Å². The number of nitrogens with one attached hydrogen (secondary N) is 2. The maximum Gasteiger partial charge on any atom is 0.344 e. The number of fused-ring (bicyclic) bond motifs is 1. The summed E-state index contributed by atoms with van der Waals surface area (Å²) >= 11 is 1.23. The predicted molar refractivity (Wildman–Crippen MR) is 127 cm³/mol. The third kappa shape index (κ3) is 5.78. The van der Waals surface area contributed by atoms with Gasteiger partial charge in [-0.2, -0.15) is 0 Å². The molecule has 0 bridgehead atoms. The van der Waals surface area contributed by atoms with Crippen molar-refractivity contribution in [2.75, 3.05) is 19.0 Å². The molecule has 1 amide bonds. The van der Waals surface area contributed by atoms with E-state index in [0.717, 1.165) is 23.3 Å². The molecule has 0 unspecified atom stereocenters. The number of H-pyrrole nitrogens is 1. The highest BCUT2D eigenvalue weighted by Crippen LogP contribution is 2.34. The van der Waals surface area contributed by atoms with Gasteiger partial charge in [0.05, 0.1) is 31.6 Å². The summed E-state index contributed by atoms with van der Waals surface area (Å²) in [6, 6.07) is 15.3. The number of rotatable bonds is 8. The molecule has 3 aromatic rings. The largest absolute Gasteiger partial charge is 0.490 e. The van der Waals surface area contributed by atoms with Crippen molar-refractivity contribution < 1.29 is 14.3 Å². The molecule has 174 valence electrons. The van der Waals surface area contributed by atoms with E-state index >= 15 is 0 Å². The Morgan fingerprint density at radius 2 is 1.91 bits per heavy atom. The molecule has 33 heavy (non-hydrogen) atoms. The van der Waals surface area contributed by atoms with E-state index in [0.29, 0.717) is 30.7 Å². The quantitative estimate of drug-likeness (QED) is 0.492. The molecule has 0 spiro atoms. The zero-order chi connectivity index (χ0) is 23.2. The molecule has 1 aliphatic heterocycles. The lowest BCUT2D eigenvalue weighted by Gasteiger charge is -2.24. The number of thioether (sulfide) groups is 1. The topological polar surface area (TPSA) is 98.2 Å². The highest BCUT2D eigenvalue weighted by molar-refractivity contribution is 7.99. The molecule has 4 rings (SSSR count). The Balaban J connectivity index is 1.42. The number of aromatic nitrogens is 3. The van der Waals surface area contributed by atoms with E-state index < -0.39 is 0 Å². The SMILES string of the molecule is CC(C)[C@H](NC(=O)CSc1n[nH]c(=O)n1Cc1ccccc1)c1ccc2c(c1)OCCCO2. The number of ether oxygens (including phenoxy) is 2. The van der Waals surface area contributed by atoms with Crippen LogP contribution in [0.3, 0.4) is 0 Å². The molecule has 0 radical (unpaired) electrons. The van der Waals surface area contributed by atoms with E-state index in [4.69, 9.17) is 9.47 Å². The van der Waals surface area contributed by atoms with Crippen molar-refractivity contribution in [3.8, 4) is 11.5 Å². The molecule has 0 saturated heterocycles. The number of amides is 1. The Labute approximate surface area is 196 Å². The van der Waals surface area contributed by atoms with E-state index in [2.05, 4.69) is 29.4 Å². The summed E-state index contributed by atoms with van der Waals surface area (Å²) in [5.74, 6) is 1.63. The third-order valence-corrected chi connectivity index (χ3v) is 6.33. The van der Waals surface area contributed by atoms with Gasteiger partial charge in [-0.25, -0.2) is 9.89 Å². The molecule has 8 nitrogen and oxygen atoms in total. The summed E-state index contributed by atoms with van der Waals surface area (Å²) in [5, 5.41) is 10.2. The summed E-state index contributed by atoms with van der Waals surface area (Å²) in [6.07, 6.45) is 0.841. The maximum absolute atomic E-state index is 12.8. The van der Waals surface area contributed by atoms with Crippen molar-refractivity contribution in [3.05, 3.63) is 70.1 Å². The van der Waals surface area contributed by atoms with Crippen molar-refractivity contribution in [1.82, 2.24) is 20.1 Å². The van der Waals surface area contributed by atoms with E-state index in [1.807, 2.05) is 48.5 Å². The van der Waals surface area contributed by atoms with Crippen molar-refractivity contribution in [1.29, 1.82) is 0 Å². The van der Waals surface area contributed by atoms with Gasteiger partial charge in [0.15, 0.2) is 16.7 Å². The Morgan fingerprint density at radius 3 is 2.67 bits per heavy atom. The molecule has 1 atom stereocenters. The van der Waals surface area contributed by atoms with Gasteiger partial charge in [0, 0.05) is 6.42 Å². The zero-order valence-corrected chi connectivity index (χ0v) is 19.6. The van der Waals surface area contributed by atoms with Crippen molar-refractivity contribution in [2.24, 2.45) is 5.92 Å². The Bertz CT molecular complexity index is 1140. The number of aromatic amines is 1. The number of hydrogen-bond donors (Lipinski definition) is 2. The van der Waals surface area contributed by atoms with Crippen LogP contribution >= 0.6 is 11.8 Å². The number of benzene rings is 2. The van der Waals surface area contributed by atoms with Gasteiger partial charge in [-0.15, -0.1) is 5.10 Å². The first-order chi connectivity index (χ1) is 16.0. The second-order valence-corrected chi connectivity index (χ2v) is 9.16. The van der Waals surface area contributed by atoms with Gasteiger partial charge in [-0.3, -0.25) is 9.36 Å². The van der Waals surface area contributed by atoms with Gasteiger partial charge in [0.1, 0.15) is 0 Å². The van der Waals surface area contributed by atoms with Crippen LogP contribution in [0.2, 0.25) is 0 Å². The first-order valence-electron chi connectivity index (χ1n) is 11.0. The van der Waals surface area contributed by atoms with Crippen molar-refractivity contribution >= 4 is 17.7 Å². The second-order valence-electron chi connectivity index (χ2n) is 8.22. The second kappa shape index (κ2) is 10.6. The number of carbonyl (C=O) groups is 1. The molecule has 2 aromatic carbocycles. The minimum absolute atomic E-state index is 0.132. The number of nitrogens with zero attached hydrogens (tertiary/aromatic N) is 2. The fourth-order valence-corrected chi connectivity index (χ4v) is 4.43. The van der Waals surface area contributed by atoms with Crippen LogP contribution in [-0.4, -0.2) is 39.6 Å². The smallest absolute Gasteiger partial charge is 0.344 e. The summed E-state index contributed by atoms with van der Waals surface area (Å²) in [6.45, 7) is 5.77. The molecule has 1 aliphatic rings. The van der Waals surface area contributed by atoms with Gasteiger partial charge in [0.25, 0.3) is 0 Å². The average Bonchev–Trinajstić information content (AvgIpc) is 3.00. The van der Waals surface area contributed by atoms with Crippen LogP contribution < -0.4 is 20.5 Å². The monoisotopic (exact) mass is 468 g/mol. The Hall–Kier alpha value is -3.20. The molecule has 0 aliphatic carbocycles. The van der Waals surface area contributed by atoms with Crippen LogP contribution in [0.1, 0.15) is 37.4 Å². The first-order valence-corrected chi connectivity index (χ1v) is 12.0. The maximum atomic E-state index is 12.8. The lowest BCUT2D eigenvalue weighted by atomic mass is 9.95. The molecule has 1 aromatic heterocycles. The molecular formula is C24H28N4O4S. The summed E-state index contributed by atoms with van der Waals surface area (Å²) in [5.41, 5.74) is 1.66. The van der Waals surface area contributed by atoms with Crippen LogP contribution in [0.15, 0.2) is 58.5 Å². The zero-order valence-electron chi connectivity index (χ0n) is 18.7. The van der Waals surface area contributed by atoms with E-state index in [-0.39, 0.29) is 29.3 Å². The summed E-state index contributed by atoms with van der Waals surface area (Å²) in [7, 11) is 0. The van der Waals surface area contributed by atoms with E-state index in [9.17, 15) is 9.59 Å². The van der Waals surface area contributed by atoms with Crippen LogP contribution in [0.5, 0.6) is 11.5 Å². The number of hydrogen-bond acceptors (Lipinski definition) is 6. The lowest BCUT2D eigenvalue weighted by molar-refractivity contribution is -0.119.